The van der Waals surface area contributed by atoms with Crippen LogP contribution in [0.1, 0.15) is 12.0 Å². The van der Waals surface area contributed by atoms with E-state index in [1.165, 1.54) is 6.07 Å². The number of para-hydroxylation sites is 3. The average molecular weight is 465 g/mol. The summed E-state index contributed by atoms with van der Waals surface area (Å²) < 4.78 is 5.63. The van der Waals surface area contributed by atoms with Gasteiger partial charge < -0.3 is 19.9 Å². The van der Waals surface area contributed by atoms with Crippen LogP contribution in [0.5, 0.6) is 5.75 Å². The van der Waals surface area contributed by atoms with Crippen molar-refractivity contribution in [2.75, 3.05) is 44.2 Å². The molecule has 34 heavy (non-hydrogen) atoms. The number of hydrogen-bond donors (Lipinski definition) is 1. The van der Waals surface area contributed by atoms with Gasteiger partial charge in [0, 0.05) is 44.2 Å². The maximum absolute atomic E-state index is 13.4. The van der Waals surface area contributed by atoms with Gasteiger partial charge in [-0.15, -0.1) is 0 Å². The number of amides is 4. The molecular weight excluding hydrogens is 442 g/mol. The third-order valence-electron chi connectivity index (χ3n) is 6.60. The SMILES string of the molecule is O=C(CN1C(=O)NC2(CCOc3ccccc32)C1=O)N1CCN(c2ccccc2[N+](=O)[O-])CC1. The van der Waals surface area contributed by atoms with Crippen molar-refractivity contribution in [3.8, 4) is 5.75 Å². The van der Waals surface area contributed by atoms with Gasteiger partial charge >= 0.3 is 6.03 Å². The molecule has 11 heteroatoms. The molecule has 0 aromatic heterocycles. The Bertz CT molecular complexity index is 1180. The Balaban J connectivity index is 1.26. The number of rotatable bonds is 4. The van der Waals surface area contributed by atoms with E-state index in [-0.39, 0.29) is 31.2 Å². The number of anilines is 1. The number of benzene rings is 2. The summed E-state index contributed by atoms with van der Waals surface area (Å²) in [6.07, 6.45) is 0.286. The minimum absolute atomic E-state index is 0.0173. The van der Waals surface area contributed by atoms with E-state index >= 15 is 0 Å². The van der Waals surface area contributed by atoms with Gasteiger partial charge in [0.2, 0.25) is 5.91 Å². The van der Waals surface area contributed by atoms with Gasteiger partial charge in [0.25, 0.3) is 11.6 Å². The molecule has 1 atom stereocenters. The fraction of sp³-hybridized carbons (Fsp3) is 0.348. The van der Waals surface area contributed by atoms with Crippen LogP contribution in [0, 0.1) is 10.1 Å². The summed E-state index contributed by atoms with van der Waals surface area (Å²) in [5.41, 5.74) is -0.109. The average Bonchev–Trinajstić information content (AvgIpc) is 3.09. The zero-order valence-electron chi connectivity index (χ0n) is 18.3. The quantitative estimate of drug-likeness (QED) is 0.412. The molecule has 2 aromatic carbocycles. The van der Waals surface area contributed by atoms with E-state index in [0.29, 0.717) is 43.2 Å². The molecule has 5 rings (SSSR count). The molecule has 2 fully saturated rings. The Hall–Kier alpha value is -4.15. The first-order valence-corrected chi connectivity index (χ1v) is 11.0. The summed E-state index contributed by atoms with van der Waals surface area (Å²) >= 11 is 0. The lowest BCUT2D eigenvalue weighted by molar-refractivity contribution is -0.384. The monoisotopic (exact) mass is 465 g/mol. The summed E-state index contributed by atoms with van der Waals surface area (Å²) in [6, 6.07) is 13.0. The van der Waals surface area contributed by atoms with Crippen molar-refractivity contribution in [2.24, 2.45) is 0 Å². The Morgan fingerprint density at radius 1 is 1.06 bits per heavy atom. The second-order valence-corrected chi connectivity index (χ2v) is 8.44. The number of imide groups is 1. The summed E-state index contributed by atoms with van der Waals surface area (Å²) in [4.78, 5) is 54.4. The van der Waals surface area contributed by atoms with Gasteiger partial charge in [-0.05, 0) is 12.1 Å². The number of piperazine rings is 1. The number of urea groups is 1. The molecule has 3 heterocycles. The van der Waals surface area contributed by atoms with Crippen LogP contribution in [0.2, 0.25) is 0 Å². The topological polar surface area (TPSA) is 125 Å². The number of hydrogen-bond acceptors (Lipinski definition) is 7. The highest BCUT2D eigenvalue weighted by molar-refractivity contribution is 6.09. The van der Waals surface area contributed by atoms with Crippen LogP contribution in [-0.2, 0) is 15.1 Å². The number of nitro groups is 1. The van der Waals surface area contributed by atoms with Gasteiger partial charge in [-0.25, -0.2) is 4.79 Å². The molecule has 11 nitrogen and oxygen atoms in total. The molecule has 0 aliphatic carbocycles. The highest BCUT2D eigenvalue weighted by Gasteiger charge is 2.55. The first-order valence-electron chi connectivity index (χ1n) is 11.0. The second-order valence-electron chi connectivity index (χ2n) is 8.44. The zero-order chi connectivity index (χ0) is 23.9. The summed E-state index contributed by atoms with van der Waals surface area (Å²) in [5.74, 6) is -0.259. The van der Waals surface area contributed by atoms with Gasteiger partial charge in [0.05, 0.1) is 11.5 Å². The van der Waals surface area contributed by atoms with E-state index in [2.05, 4.69) is 5.32 Å². The first-order chi connectivity index (χ1) is 16.4. The third kappa shape index (κ3) is 3.49. The van der Waals surface area contributed by atoms with Crippen molar-refractivity contribution in [3.63, 3.8) is 0 Å². The number of carbonyl (C=O) groups excluding carboxylic acids is 3. The van der Waals surface area contributed by atoms with Crippen LogP contribution < -0.4 is 15.0 Å². The van der Waals surface area contributed by atoms with Crippen molar-refractivity contribution >= 4 is 29.2 Å². The fourth-order valence-corrected chi connectivity index (χ4v) is 4.83. The maximum atomic E-state index is 13.4. The lowest BCUT2D eigenvalue weighted by Gasteiger charge is -2.36. The highest BCUT2D eigenvalue weighted by Crippen LogP contribution is 2.41. The molecule has 3 aliphatic rings. The zero-order valence-corrected chi connectivity index (χ0v) is 18.3. The second kappa shape index (κ2) is 8.32. The van der Waals surface area contributed by atoms with Crippen LogP contribution in [-0.4, -0.2) is 71.9 Å². The number of fused-ring (bicyclic) bond motifs is 2. The predicted molar refractivity (Wildman–Crippen MR) is 120 cm³/mol. The highest BCUT2D eigenvalue weighted by atomic mass is 16.6. The molecule has 2 saturated heterocycles. The summed E-state index contributed by atoms with van der Waals surface area (Å²) in [7, 11) is 0. The van der Waals surface area contributed by atoms with E-state index in [9.17, 15) is 24.5 Å². The van der Waals surface area contributed by atoms with Crippen LogP contribution in [0.3, 0.4) is 0 Å². The van der Waals surface area contributed by atoms with Crippen LogP contribution >= 0.6 is 0 Å². The number of nitro benzene ring substituents is 1. The van der Waals surface area contributed by atoms with Crippen molar-refractivity contribution in [1.29, 1.82) is 0 Å². The standard InChI is InChI=1S/C23H23N5O6/c29-20(26-12-10-25(11-13-26)17-6-2-3-7-18(17)28(32)33)15-27-21(30)23(24-22(27)31)9-14-34-19-8-4-1-5-16(19)23/h1-8H,9-15H2,(H,24,31). The molecule has 1 unspecified atom stereocenters. The molecule has 0 radical (unpaired) electrons. The van der Waals surface area contributed by atoms with Crippen LogP contribution in [0.4, 0.5) is 16.2 Å². The van der Waals surface area contributed by atoms with Crippen molar-refractivity contribution in [3.05, 3.63) is 64.2 Å². The Morgan fingerprint density at radius 3 is 2.53 bits per heavy atom. The third-order valence-corrected chi connectivity index (χ3v) is 6.60. The van der Waals surface area contributed by atoms with Gasteiger partial charge in [-0.2, -0.15) is 0 Å². The van der Waals surface area contributed by atoms with E-state index in [0.717, 1.165) is 4.90 Å². The number of nitrogens with zero attached hydrogens (tertiary/aromatic N) is 4. The predicted octanol–water partition coefficient (Wildman–Crippen LogP) is 1.47. The summed E-state index contributed by atoms with van der Waals surface area (Å²) in [6.45, 7) is 1.39. The summed E-state index contributed by atoms with van der Waals surface area (Å²) in [5, 5.41) is 14.1. The lowest BCUT2D eigenvalue weighted by Crippen LogP contribution is -2.52. The number of carbonyl (C=O) groups is 3. The molecule has 0 saturated carbocycles. The molecular formula is C23H23N5O6. The van der Waals surface area contributed by atoms with E-state index in [4.69, 9.17) is 4.74 Å². The molecule has 2 aromatic rings. The minimum atomic E-state index is -1.23. The Labute approximate surface area is 195 Å². The van der Waals surface area contributed by atoms with Gasteiger partial charge in [-0.3, -0.25) is 24.6 Å². The molecule has 3 aliphatic heterocycles. The van der Waals surface area contributed by atoms with Crippen LogP contribution in [0.15, 0.2) is 48.5 Å². The normalized spacial score (nSPS) is 21.8. The van der Waals surface area contributed by atoms with E-state index < -0.39 is 22.4 Å². The minimum Gasteiger partial charge on any atom is -0.493 e. The van der Waals surface area contributed by atoms with Gasteiger partial charge in [0.1, 0.15) is 18.0 Å². The van der Waals surface area contributed by atoms with Crippen molar-refractivity contribution in [1.82, 2.24) is 15.1 Å². The molecule has 1 N–H and O–H groups in total. The van der Waals surface area contributed by atoms with Crippen LogP contribution in [0.25, 0.3) is 0 Å². The smallest absolute Gasteiger partial charge is 0.325 e. The van der Waals surface area contributed by atoms with E-state index in [1.807, 2.05) is 4.90 Å². The fourth-order valence-electron chi connectivity index (χ4n) is 4.83. The Kier molecular flexibility index (Phi) is 5.31. The molecule has 176 valence electrons. The van der Waals surface area contributed by atoms with Gasteiger partial charge in [0.15, 0.2) is 5.54 Å². The van der Waals surface area contributed by atoms with Crippen molar-refractivity contribution < 1.29 is 24.0 Å². The molecule has 4 amide bonds. The molecule has 1 spiro atoms. The van der Waals surface area contributed by atoms with Crippen molar-refractivity contribution in [2.45, 2.75) is 12.0 Å². The lowest BCUT2D eigenvalue weighted by atomic mass is 9.84. The maximum Gasteiger partial charge on any atom is 0.325 e. The van der Waals surface area contributed by atoms with E-state index in [1.54, 1.807) is 47.4 Å². The first kappa shape index (κ1) is 21.7. The molecule has 0 bridgehead atoms. The largest absolute Gasteiger partial charge is 0.493 e. The Morgan fingerprint density at radius 2 is 1.76 bits per heavy atom. The number of ether oxygens (including phenoxy) is 1. The number of nitrogens with one attached hydrogen (secondary N) is 1. The van der Waals surface area contributed by atoms with Gasteiger partial charge in [-0.1, -0.05) is 30.3 Å².